The smallest absolute Gasteiger partial charge is 0.274 e. The zero-order valence-corrected chi connectivity index (χ0v) is 33.0. The Bertz CT molecular complexity index is 1960. The van der Waals surface area contributed by atoms with Crippen LogP contribution in [0.3, 0.4) is 0 Å². The number of anilines is 3. The number of aromatic nitrogens is 2. The Hall–Kier alpha value is -4.73. The number of imide groups is 1. The molecule has 5 fully saturated rings. The molecule has 294 valence electrons. The van der Waals surface area contributed by atoms with Crippen LogP contribution >= 0.6 is 11.6 Å². The Morgan fingerprint density at radius 1 is 0.964 bits per heavy atom. The van der Waals surface area contributed by atoms with E-state index in [1.54, 1.807) is 0 Å². The van der Waals surface area contributed by atoms with Crippen LogP contribution in [-0.2, 0) is 9.59 Å². The van der Waals surface area contributed by atoms with Crippen LogP contribution in [0.1, 0.15) is 92.2 Å². The molecule has 13 heteroatoms. The molecule has 12 nitrogen and oxygen atoms in total. The van der Waals surface area contributed by atoms with E-state index in [1.165, 1.54) is 5.56 Å². The van der Waals surface area contributed by atoms with E-state index in [0.29, 0.717) is 47.0 Å². The molecule has 5 saturated heterocycles. The molecule has 56 heavy (non-hydrogen) atoms. The van der Waals surface area contributed by atoms with E-state index in [1.807, 2.05) is 41.3 Å². The van der Waals surface area contributed by atoms with Crippen LogP contribution in [0.25, 0.3) is 0 Å². The van der Waals surface area contributed by atoms with Crippen LogP contribution in [0.15, 0.2) is 54.6 Å². The van der Waals surface area contributed by atoms with E-state index < -0.39 is 0 Å². The molecule has 2 atom stereocenters. The Morgan fingerprint density at radius 3 is 2.45 bits per heavy atom. The van der Waals surface area contributed by atoms with Crippen LogP contribution in [0.2, 0.25) is 5.02 Å². The number of likely N-dealkylation sites (tertiary alicyclic amines) is 2. The van der Waals surface area contributed by atoms with Crippen molar-refractivity contribution in [2.75, 3.05) is 67.5 Å². The molecule has 1 aromatic heterocycles. The van der Waals surface area contributed by atoms with Gasteiger partial charge in [0, 0.05) is 63.1 Å². The van der Waals surface area contributed by atoms with E-state index in [0.717, 1.165) is 114 Å². The van der Waals surface area contributed by atoms with Crippen LogP contribution in [-0.4, -0.2) is 102 Å². The lowest BCUT2D eigenvalue weighted by atomic mass is 9.77. The summed E-state index contributed by atoms with van der Waals surface area (Å²) in [4.78, 5) is 46.5. The summed E-state index contributed by atoms with van der Waals surface area (Å²) in [6, 6.07) is 20.1. The maximum atomic E-state index is 13.5. The fourth-order valence-electron chi connectivity index (χ4n) is 9.83. The summed E-state index contributed by atoms with van der Waals surface area (Å²) in [5.41, 5.74) is 4.46. The van der Waals surface area contributed by atoms with Crippen molar-refractivity contribution in [2.24, 2.45) is 11.3 Å². The second kappa shape index (κ2) is 16.4. The summed E-state index contributed by atoms with van der Waals surface area (Å²) in [6.45, 7) is 9.72. The summed E-state index contributed by atoms with van der Waals surface area (Å²) in [7, 11) is 0. The molecule has 6 heterocycles. The third-order valence-electron chi connectivity index (χ3n) is 13.1. The van der Waals surface area contributed by atoms with E-state index >= 15 is 0 Å². The summed E-state index contributed by atoms with van der Waals surface area (Å²) in [6.07, 6.45) is 8.31. The topological polar surface area (TPSA) is 138 Å². The van der Waals surface area contributed by atoms with Gasteiger partial charge in [0.1, 0.15) is 12.1 Å². The van der Waals surface area contributed by atoms with E-state index in [9.17, 15) is 19.6 Å². The van der Waals surface area contributed by atoms with Gasteiger partial charge in [-0.2, -0.15) is 5.26 Å². The number of carbonyl (C=O) groups excluding carboxylic acids is 3. The number of nitriles is 1. The van der Waals surface area contributed by atoms with Crippen LogP contribution in [0.5, 0.6) is 0 Å². The number of amides is 3. The predicted molar refractivity (Wildman–Crippen MR) is 217 cm³/mol. The zero-order valence-electron chi connectivity index (χ0n) is 32.3. The summed E-state index contributed by atoms with van der Waals surface area (Å²) >= 11 is 6.37. The normalized spacial score (nSPS) is 23.6. The number of rotatable bonds is 8. The average Bonchev–Trinajstić information content (AvgIpc) is 3.54. The van der Waals surface area contributed by atoms with Crippen molar-refractivity contribution < 1.29 is 14.4 Å². The second-order valence-electron chi connectivity index (χ2n) is 16.8. The first-order valence-electron chi connectivity index (χ1n) is 20.4. The minimum absolute atomic E-state index is 0.0295. The third-order valence-corrected chi connectivity index (χ3v) is 13.4. The molecule has 2 aromatic carbocycles. The standard InChI is InChI=1S/C43H52ClN9O3/c1-29-25-43(28-53(29)35-6-5-33(26-45)36(44)24-35)15-21-51(22-16-43)39-9-7-38(48-49-39)42(56)52-19-11-30(12-20-52)27-50-17-13-31(14-18-50)32-3-2-4-34(23-32)46-37-8-10-40(54)47-41(37)55/h2-7,9,23-24,29-31,37,46H,8,10-22,25,27-28H2,1H3,(H,47,54,55)/t29-,37-/m0/s1. The minimum Gasteiger partial charge on any atom is -0.374 e. The second-order valence-corrected chi connectivity index (χ2v) is 17.2. The zero-order chi connectivity index (χ0) is 38.8. The average molecular weight is 778 g/mol. The first-order valence-corrected chi connectivity index (χ1v) is 20.8. The monoisotopic (exact) mass is 777 g/mol. The molecule has 3 amide bonds. The van der Waals surface area contributed by atoms with Gasteiger partial charge < -0.3 is 24.9 Å². The number of nitrogens with one attached hydrogen (secondary N) is 2. The van der Waals surface area contributed by atoms with Gasteiger partial charge in [-0.25, -0.2) is 0 Å². The maximum Gasteiger partial charge on any atom is 0.274 e. The highest BCUT2D eigenvalue weighted by Gasteiger charge is 2.44. The number of hydrogen-bond acceptors (Lipinski definition) is 10. The van der Waals surface area contributed by atoms with Crippen molar-refractivity contribution in [1.29, 1.82) is 5.26 Å². The van der Waals surface area contributed by atoms with Crippen molar-refractivity contribution in [2.45, 2.75) is 82.7 Å². The van der Waals surface area contributed by atoms with Crippen molar-refractivity contribution in [3.8, 4) is 6.07 Å². The van der Waals surface area contributed by atoms with Crippen molar-refractivity contribution in [1.82, 2.24) is 25.3 Å². The van der Waals surface area contributed by atoms with Gasteiger partial charge in [-0.15, -0.1) is 10.2 Å². The van der Waals surface area contributed by atoms with Gasteiger partial charge in [0.05, 0.1) is 10.6 Å². The molecule has 8 rings (SSSR count). The molecule has 5 aliphatic heterocycles. The Labute approximate surface area is 334 Å². The number of hydrogen-bond donors (Lipinski definition) is 2. The summed E-state index contributed by atoms with van der Waals surface area (Å²) < 4.78 is 0. The SMILES string of the molecule is C[C@H]1CC2(CCN(c3ccc(C(=O)N4CCC(CN5CCC(c6cccc(N[C@H]7CCC(=O)NC7=O)c6)CC5)CC4)nn3)CC2)CN1c1ccc(C#N)c(Cl)c1. The number of piperidine rings is 4. The minimum atomic E-state index is -0.377. The van der Waals surface area contributed by atoms with Gasteiger partial charge in [-0.1, -0.05) is 23.7 Å². The first-order chi connectivity index (χ1) is 27.1. The third kappa shape index (κ3) is 8.35. The van der Waals surface area contributed by atoms with E-state index in [4.69, 9.17) is 11.6 Å². The number of carbonyl (C=O) groups is 3. The molecule has 5 aliphatic rings. The lowest BCUT2D eigenvalue weighted by Gasteiger charge is -2.39. The van der Waals surface area contributed by atoms with Gasteiger partial charge in [-0.3, -0.25) is 19.7 Å². The molecule has 0 radical (unpaired) electrons. The summed E-state index contributed by atoms with van der Waals surface area (Å²) in [5.74, 6) is 1.41. The quantitative estimate of drug-likeness (QED) is 0.269. The highest BCUT2D eigenvalue weighted by molar-refractivity contribution is 6.32. The molecular weight excluding hydrogens is 726 g/mol. The maximum absolute atomic E-state index is 13.5. The Kier molecular flexibility index (Phi) is 11.2. The number of benzene rings is 2. The Morgan fingerprint density at radius 2 is 1.75 bits per heavy atom. The van der Waals surface area contributed by atoms with Crippen LogP contribution in [0, 0.1) is 22.7 Å². The molecular formula is C43H52ClN9O3. The van der Waals surface area contributed by atoms with E-state index in [-0.39, 0.29) is 29.2 Å². The van der Waals surface area contributed by atoms with Gasteiger partial charge in [0.2, 0.25) is 11.8 Å². The van der Waals surface area contributed by atoms with Gasteiger partial charge in [-0.05, 0) is 137 Å². The van der Waals surface area contributed by atoms with E-state index in [2.05, 4.69) is 66.7 Å². The molecule has 1 spiro atoms. The van der Waals surface area contributed by atoms with Crippen LogP contribution < -0.4 is 20.4 Å². The summed E-state index contributed by atoms with van der Waals surface area (Å²) in [5, 5.41) is 24.5. The van der Waals surface area contributed by atoms with Gasteiger partial charge in [0.25, 0.3) is 5.91 Å². The molecule has 0 bridgehead atoms. The molecule has 0 saturated carbocycles. The molecule has 0 aliphatic carbocycles. The highest BCUT2D eigenvalue weighted by atomic mass is 35.5. The fraction of sp³-hybridized carbons (Fsp3) is 0.535. The van der Waals surface area contributed by atoms with Crippen LogP contribution in [0.4, 0.5) is 17.2 Å². The predicted octanol–water partition coefficient (Wildman–Crippen LogP) is 5.84. The van der Waals surface area contributed by atoms with Gasteiger partial charge >= 0.3 is 0 Å². The molecule has 0 unspecified atom stereocenters. The first kappa shape index (κ1) is 38.2. The Balaban J connectivity index is 0.762. The highest BCUT2D eigenvalue weighted by Crippen LogP contribution is 2.46. The molecule has 3 aromatic rings. The largest absolute Gasteiger partial charge is 0.374 e. The van der Waals surface area contributed by atoms with Crippen molar-refractivity contribution >= 4 is 46.5 Å². The number of nitrogens with zero attached hydrogens (tertiary/aromatic N) is 7. The van der Waals surface area contributed by atoms with Crippen molar-refractivity contribution in [3.63, 3.8) is 0 Å². The molecule has 2 N–H and O–H groups in total. The lowest BCUT2D eigenvalue weighted by Crippen LogP contribution is -2.47. The van der Waals surface area contributed by atoms with Crippen molar-refractivity contribution in [3.05, 3.63) is 76.4 Å². The lowest BCUT2D eigenvalue weighted by molar-refractivity contribution is -0.133. The fourth-order valence-corrected chi connectivity index (χ4v) is 10.0. The number of halogens is 1. The van der Waals surface area contributed by atoms with Gasteiger partial charge in [0.15, 0.2) is 11.5 Å².